The maximum atomic E-state index is 13.0. The summed E-state index contributed by atoms with van der Waals surface area (Å²) in [5.74, 6) is -2.23. The first kappa shape index (κ1) is 20.5. The monoisotopic (exact) mass is 430 g/mol. The summed E-state index contributed by atoms with van der Waals surface area (Å²) in [4.78, 5) is 37.7. The number of carboxylic acids is 1. The van der Waals surface area contributed by atoms with Gasteiger partial charge in [-0.15, -0.1) is 0 Å². The van der Waals surface area contributed by atoms with Crippen LogP contribution < -0.4 is 15.0 Å². The van der Waals surface area contributed by atoms with E-state index in [9.17, 15) is 14.4 Å². The van der Waals surface area contributed by atoms with E-state index >= 15 is 0 Å². The van der Waals surface area contributed by atoms with E-state index in [4.69, 9.17) is 33.7 Å². The van der Waals surface area contributed by atoms with Gasteiger partial charge in [-0.05, 0) is 49.5 Å². The van der Waals surface area contributed by atoms with Gasteiger partial charge in [-0.1, -0.05) is 35.9 Å². The van der Waals surface area contributed by atoms with Crippen molar-refractivity contribution in [2.75, 3.05) is 4.90 Å². The van der Waals surface area contributed by atoms with Gasteiger partial charge in [0.05, 0.1) is 5.69 Å². The average molecular weight is 431 g/mol. The van der Waals surface area contributed by atoms with E-state index in [0.29, 0.717) is 16.3 Å². The summed E-state index contributed by atoms with van der Waals surface area (Å²) in [5.41, 5.74) is 0.595. The zero-order chi connectivity index (χ0) is 21.1. The standard InChI is InChI=1S/C20H15ClN2O5S/c1-11(19(26)27)28-16-8-3-2-5-12(16)9-15-17(24)22-20(29)23(18(15)25)14-7-4-6-13(21)10-14/h2-11H,1H3,(H,26,27)(H,22,24,29)/b15-9+/t11-/m0/s1. The van der Waals surface area contributed by atoms with E-state index in [-0.39, 0.29) is 16.4 Å². The summed E-state index contributed by atoms with van der Waals surface area (Å²) < 4.78 is 5.42. The van der Waals surface area contributed by atoms with Crippen LogP contribution in [0.3, 0.4) is 0 Å². The molecule has 2 aromatic rings. The molecule has 1 aliphatic rings. The summed E-state index contributed by atoms with van der Waals surface area (Å²) >= 11 is 11.1. The van der Waals surface area contributed by atoms with Gasteiger partial charge in [0.15, 0.2) is 11.2 Å². The Labute approximate surface area is 176 Å². The Balaban J connectivity index is 2.01. The number of amides is 2. The Morgan fingerprint density at radius 2 is 1.97 bits per heavy atom. The number of hydrogen-bond donors (Lipinski definition) is 2. The number of carbonyl (C=O) groups excluding carboxylic acids is 2. The molecule has 1 saturated heterocycles. The van der Waals surface area contributed by atoms with Crippen molar-refractivity contribution in [2.45, 2.75) is 13.0 Å². The molecule has 7 nitrogen and oxygen atoms in total. The minimum atomic E-state index is -1.14. The van der Waals surface area contributed by atoms with E-state index in [1.165, 1.54) is 13.0 Å². The Hall–Kier alpha value is -3.23. The summed E-state index contributed by atoms with van der Waals surface area (Å²) in [6.07, 6.45) is 0.224. The molecule has 1 aliphatic heterocycles. The number of hydrogen-bond acceptors (Lipinski definition) is 5. The molecule has 1 atom stereocenters. The summed E-state index contributed by atoms with van der Waals surface area (Å²) in [7, 11) is 0. The summed E-state index contributed by atoms with van der Waals surface area (Å²) in [6.45, 7) is 1.38. The third-order valence-corrected chi connectivity index (χ3v) is 4.56. The molecular weight excluding hydrogens is 416 g/mol. The molecular formula is C20H15ClN2O5S. The molecule has 0 spiro atoms. The molecule has 2 N–H and O–H groups in total. The number of nitrogens with zero attached hydrogens (tertiary/aromatic N) is 1. The van der Waals surface area contributed by atoms with Crippen molar-refractivity contribution in [3.05, 3.63) is 64.7 Å². The van der Waals surface area contributed by atoms with Crippen LogP contribution in [0.15, 0.2) is 54.1 Å². The fourth-order valence-corrected chi connectivity index (χ4v) is 3.08. The number of rotatable bonds is 5. The van der Waals surface area contributed by atoms with Crippen LogP contribution in [0.5, 0.6) is 5.75 Å². The van der Waals surface area contributed by atoms with Crippen LogP contribution in [0.1, 0.15) is 12.5 Å². The lowest BCUT2D eigenvalue weighted by Gasteiger charge is -2.29. The van der Waals surface area contributed by atoms with Gasteiger partial charge < -0.3 is 9.84 Å². The first-order chi connectivity index (χ1) is 13.8. The number of thiocarbonyl (C=S) groups is 1. The SMILES string of the molecule is C[C@H](Oc1ccccc1/C=C1\C(=O)NC(=S)N(c2cccc(Cl)c2)C1=O)C(=O)O. The highest BCUT2D eigenvalue weighted by Crippen LogP contribution is 2.27. The van der Waals surface area contributed by atoms with E-state index in [1.54, 1.807) is 48.5 Å². The maximum Gasteiger partial charge on any atom is 0.344 e. The van der Waals surface area contributed by atoms with Gasteiger partial charge in [-0.25, -0.2) is 4.79 Å². The minimum Gasteiger partial charge on any atom is -0.479 e. The van der Waals surface area contributed by atoms with Crippen LogP contribution in [-0.4, -0.2) is 34.1 Å². The molecule has 1 heterocycles. The van der Waals surface area contributed by atoms with Gasteiger partial charge in [0.2, 0.25) is 0 Å². The van der Waals surface area contributed by atoms with Crippen molar-refractivity contribution in [1.29, 1.82) is 0 Å². The zero-order valence-electron chi connectivity index (χ0n) is 15.1. The fourth-order valence-electron chi connectivity index (χ4n) is 2.61. The Morgan fingerprint density at radius 3 is 2.66 bits per heavy atom. The lowest BCUT2D eigenvalue weighted by atomic mass is 10.1. The Bertz CT molecular complexity index is 1050. The average Bonchev–Trinajstić information content (AvgIpc) is 2.66. The minimum absolute atomic E-state index is 0.0662. The van der Waals surface area contributed by atoms with Crippen LogP contribution in [0.4, 0.5) is 5.69 Å². The summed E-state index contributed by atoms with van der Waals surface area (Å²) in [5, 5.41) is 11.9. The third kappa shape index (κ3) is 4.44. The van der Waals surface area contributed by atoms with Crippen LogP contribution in [0.25, 0.3) is 6.08 Å². The lowest BCUT2D eigenvalue weighted by Crippen LogP contribution is -2.54. The van der Waals surface area contributed by atoms with Gasteiger partial charge in [-0.3, -0.25) is 19.8 Å². The number of nitrogens with one attached hydrogen (secondary N) is 1. The number of aliphatic carboxylic acids is 1. The highest BCUT2D eigenvalue weighted by molar-refractivity contribution is 7.80. The number of benzene rings is 2. The van der Waals surface area contributed by atoms with E-state index in [0.717, 1.165) is 4.90 Å². The Kier molecular flexibility index (Phi) is 5.95. The van der Waals surface area contributed by atoms with Gasteiger partial charge >= 0.3 is 5.97 Å². The van der Waals surface area contributed by atoms with Crippen LogP contribution >= 0.6 is 23.8 Å². The molecule has 3 rings (SSSR count). The predicted molar refractivity (Wildman–Crippen MR) is 112 cm³/mol. The summed E-state index contributed by atoms with van der Waals surface area (Å²) in [6, 6.07) is 13.0. The quantitative estimate of drug-likeness (QED) is 0.430. The molecule has 2 aromatic carbocycles. The second-order valence-electron chi connectivity index (χ2n) is 6.07. The highest BCUT2D eigenvalue weighted by atomic mass is 35.5. The van der Waals surface area contributed by atoms with Gasteiger partial charge in [0, 0.05) is 10.6 Å². The maximum absolute atomic E-state index is 13.0. The van der Waals surface area contributed by atoms with Gasteiger partial charge in [0.25, 0.3) is 11.8 Å². The number of anilines is 1. The molecule has 0 saturated carbocycles. The topological polar surface area (TPSA) is 95.9 Å². The molecule has 0 aliphatic carbocycles. The van der Waals surface area contributed by atoms with Crippen molar-refractivity contribution in [3.63, 3.8) is 0 Å². The first-order valence-corrected chi connectivity index (χ1v) is 9.22. The molecule has 148 valence electrons. The van der Waals surface area contributed by atoms with Crippen molar-refractivity contribution < 1.29 is 24.2 Å². The molecule has 1 fully saturated rings. The molecule has 9 heteroatoms. The van der Waals surface area contributed by atoms with Crippen molar-refractivity contribution in [3.8, 4) is 5.75 Å². The van der Waals surface area contributed by atoms with E-state index in [1.807, 2.05) is 0 Å². The van der Waals surface area contributed by atoms with E-state index in [2.05, 4.69) is 5.32 Å². The zero-order valence-corrected chi connectivity index (χ0v) is 16.7. The molecule has 29 heavy (non-hydrogen) atoms. The van der Waals surface area contributed by atoms with Crippen molar-refractivity contribution in [2.24, 2.45) is 0 Å². The van der Waals surface area contributed by atoms with Gasteiger partial charge in [-0.2, -0.15) is 0 Å². The third-order valence-electron chi connectivity index (χ3n) is 4.04. The Morgan fingerprint density at radius 1 is 1.24 bits per heavy atom. The number of para-hydroxylation sites is 1. The predicted octanol–water partition coefficient (Wildman–Crippen LogP) is 3.02. The van der Waals surface area contributed by atoms with Crippen molar-refractivity contribution in [1.82, 2.24) is 5.32 Å². The second-order valence-corrected chi connectivity index (χ2v) is 6.90. The second kappa shape index (κ2) is 8.42. The molecule has 0 radical (unpaired) electrons. The lowest BCUT2D eigenvalue weighted by molar-refractivity contribution is -0.144. The fraction of sp³-hybridized carbons (Fsp3) is 0.100. The number of carboxylic acid groups (broad SMARTS) is 1. The van der Waals surface area contributed by atoms with E-state index < -0.39 is 23.9 Å². The molecule has 0 bridgehead atoms. The molecule has 2 amide bonds. The number of carbonyl (C=O) groups is 3. The highest BCUT2D eigenvalue weighted by Gasteiger charge is 2.34. The van der Waals surface area contributed by atoms with Crippen molar-refractivity contribution >= 4 is 58.5 Å². The number of ether oxygens (including phenoxy) is 1. The van der Waals surface area contributed by atoms with Crippen LogP contribution in [0, 0.1) is 0 Å². The number of halogens is 1. The van der Waals surface area contributed by atoms with Crippen LogP contribution in [-0.2, 0) is 14.4 Å². The smallest absolute Gasteiger partial charge is 0.344 e. The van der Waals surface area contributed by atoms with Gasteiger partial charge in [0.1, 0.15) is 11.3 Å². The van der Waals surface area contributed by atoms with Crippen LogP contribution in [0.2, 0.25) is 5.02 Å². The first-order valence-electron chi connectivity index (χ1n) is 8.43. The molecule has 0 unspecified atom stereocenters. The largest absolute Gasteiger partial charge is 0.479 e. The molecule has 0 aromatic heterocycles. The normalized spacial score (nSPS) is 16.6.